The Morgan fingerprint density at radius 2 is 1.53 bits per heavy atom. The van der Waals surface area contributed by atoms with Gasteiger partial charge in [-0.1, -0.05) is 66.7 Å². The summed E-state index contributed by atoms with van der Waals surface area (Å²) in [5.74, 6) is -0.0933. The third-order valence-corrected chi connectivity index (χ3v) is 5.34. The Morgan fingerprint density at radius 1 is 0.833 bits per heavy atom. The zero-order chi connectivity index (χ0) is 20.8. The maximum absolute atomic E-state index is 12.5. The number of amides is 2. The Morgan fingerprint density at radius 3 is 2.33 bits per heavy atom. The van der Waals surface area contributed by atoms with Crippen molar-refractivity contribution in [2.75, 3.05) is 37.6 Å². The zero-order valence-electron chi connectivity index (χ0n) is 16.8. The topological polar surface area (TPSA) is 61.9 Å². The maximum atomic E-state index is 12.5. The van der Waals surface area contributed by atoms with E-state index in [1.807, 2.05) is 42.5 Å². The molecule has 3 aromatic rings. The Balaban J connectivity index is 1.25. The highest BCUT2D eigenvalue weighted by Gasteiger charge is 2.22. The second kappa shape index (κ2) is 9.31. The largest absolute Gasteiger partial charge is 0.445 e. The highest BCUT2D eigenvalue weighted by atomic mass is 16.5. The Hall–Kier alpha value is -3.54. The van der Waals surface area contributed by atoms with Crippen LogP contribution in [0, 0.1) is 0 Å². The summed E-state index contributed by atoms with van der Waals surface area (Å²) in [5.41, 5.74) is 2.10. The minimum Gasteiger partial charge on any atom is -0.445 e. The molecule has 0 radical (unpaired) electrons. The van der Waals surface area contributed by atoms with Gasteiger partial charge in [-0.15, -0.1) is 0 Å². The summed E-state index contributed by atoms with van der Waals surface area (Å²) in [5, 5.41) is 4.99. The second-order valence-corrected chi connectivity index (χ2v) is 7.28. The van der Waals surface area contributed by atoms with E-state index in [2.05, 4.69) is 40.5 Å². The molecule has 2 amide bonds. The summed E-state index contributed by atoms with van der Waals surface area (Å²) in [6.07, 6.45) is -0.582. The molecule has 1 heterocycles. The van der Waals surface area contributed by atoms with Crippen LogP contribution in [0.4, 0.5) is 10.5 Å². The number of hydrogen-bond donors (Lipinski definition) is 1. The van der Waals surface area contributed by atoms with E-state index >= 15 is 0 Å². The van der Waals surface area contributed by atoms with E-state index in [1.54, 1.807) is 4.90 Å². The molecule has 1 aliphatic heterocycles. The maximum Gasteiger partial charge on any atom is 0.407 e. The van der Waals surface area contributed by atoms with Crippen LogP contribution in [0.2, 0.25) is 0 Å². The van der Waals surface area contributed by atoms with Crippen molar-refractivity contribution in [3.8, 4) is 0 Å². The average molecular weight is 403 g/mol. The lowest BCUT2D eigenvalue weighted by Crippen LogP contribution is -2.51. The molecule has 0 aliphatic carbocycles. The van der Waals surface area contributed by atoms with Crippen LogP contribution in [0.3, 0.4) is 0 Å². The fourth-order valence-corrected chi connectivity index (χ4v) is 3.71. The van der Waals surface area contributed by atoms with Crippen molar-refractivity contribution in [1.29, 1.82) is 0 Å². The second-order valence-electron chi connectivity index (χ2n) is 7.28. The first kappa shape index (κ1) is 19.8. The summed E-state index contributed by atoms with van der Waals surface area (Å²) in [7, 11) is 0. The fourth-order valence-electron chi connectivity index (χ4n) is 3.71. The number of carbonyl (C=O) groups excluding carboxylic acids is 2. The molecule has 154 valence electrons. The highest BCUT2D eigenvalue weighted by Crippen LogP contribution is 2.27. The van der Waals surface area contributed by atoms with Gasteiger partial charge in [0.25, 0.3) is 0 Å². The predicted molar refractivity (Wildman–Crippen MR) is 117 cm³/mol. The minimum absolute atomic E-state index is 0.0537. The predicted octanol–water partition coefficient (Wildman–Crippen LogP) is 3.41. The van der Waals surface area contributed by atoms with Crippen LogP contribution in [0.5, 0.6) is 0 Å². The number of anilines is 1. The van der Waals surface area contributed by atoms with E-state index < -0.39 is 6.09 Å². The molecule has 1 aliphatic rings. The molecule has 3 aromatic carbocycles. The van der Waals surface area contributed by atoms with E-state index in [1.165, 1.54) is 16.5 Å². The summed E-state index contributed by atoms with van der Waals surface area (Å²) in [6.45, 7) is 2.91. The fraction of sp³-hybridized carbons (Fsp3) is 0.250. The first-order chi connectivity index (χ1) is 14.7. The molecule has 1 N–H and O–H groups in total. The Kier molecular flexibility index (Phi) is 6.13. The van der Waals surface area contributed by atoms with Gasteiger partial charge >= 0.3 is 6.09 Å². The summed E-state index contributed by atoms with van der Waals surface area (Å²) < 4.78 is 5.15. The first-order valence-corrected chi connectivity index (χ1v) is 10.2. The quantitative estimate of drug-likeness (QED) is 0.709. The van der Waals surface area contributed by atoms with Gasteiger partial charge in [-0.25, -0.2) is 4.79 Å². The van der Waals surface area contributed by atoms with Crippen molar-refractivity contribution in [3.05, 3.63) is 78.4 Å². The van der Waals surface area contributed by atoms with Crippen LogP contribution in [-0.4, -0.2) is 49.6 Å². The monoisotopic (exact) mass is 403 g/mol. The van der Waals surface area contributed by atoms with Crippen LogP contribution in [0.25, 0.3) is 10.8 Å². The molecule has 0 bridgehead atoms. The lowest BCUT2D eigenvalue weighted by molar-refractivity contribution is -0.130. The van der Waals surface area contributed by atoms with E-state index in [0.29, 0.717) is 13.1 Å². The Labute approximate surface area is 176 Å². The number of carbonyl (C=O) groups is 2. The van der Waals surface area contributed by atoms with E-state index in [-0.39, 0.29) is 19.1 Å². The zero-order valence-corrected chi connectivity index (χ0v) is 16.8. The first-order valence-electron chi connectivity index (χ1n) is 10.2. The van der Waals surface area contributed by atoms with E-state index in [0.717, 1.165) is 18.7 Å². The number of hydrogen-bond acceptors (Lipinski definition) is 4. The van der Waals surface area contributed by atoms with Crippen molar-refractivity contribution in [2.24, 2.45) is 0 Å². The molecule has 0 spiro atoms. The van der Waals surface area contributed by atoms with E-state index in [9.17, 15) is 9.59 Å². The minimum atomic E-state index is -0.582. The van der Waals surface area contributed by atoms with Gasteiger partial charge < -0.3 is 19.9 Å². The lowest BCUT2D eigenvalue weighted by atomic mass is 10.1. The number of alkyl carbamates (subject to hydrolysis) is 1. The van der Waals surface area contributed by atoms with Crippen molar-refractivity contribution in [2.45, 2.75) is 6.61 Å². The highest BCUT2D eigenvalue weighted by molar-refractivity contribution is 5.94. The molecule has 0 aromatic heterocycles. The van der Waals surface area contributed by atoms with Crippen molar-refractivity contribution >= 4 is 28.5 Å². The van der Waals surface area contributed by atoms with Gasteiger partial charge in [-0.05, 0) is 17.0 Å². The molecule has 30 heavy (non-hydrogen) atoms. The van der Waals surface area contributed by atoms with Gasteiger partial charge in [0.1, 0.15) is 13.2 Å². The van der Waals surface area contributed by atoms with Crippen molar-refractivity contribution < 1.29 is 14.3 Å². The molecule has 0 saturated carbocycles. The van der Waals surface area contributed by atoms with Gasteiger partial charge in [-0.3, -0.25) is 4.79 Å². The molecule has 6 heteroatoms. The molecular weight excluding hydrogens is 378 g/mol. The number of nitrogens with one attached hydrogen (secondary N) is 1. The van der Waals surface area contributed by atoms with Gasteiger partial charge in [0.15, 0.2) is 0 Å². The van der Waals surface area contributed by atoms with Crippen molar-refractivity contribution in [3.63, 3.8) is 0 Å². The number of piperazine rings is 1. The molecule has 6 nitrogen and oxygen atoms in total. The number of nitrogens with zero attached hydrogens (tertiary/aromatic N) is 2. The van der Waals surface area contributed by atoms with Gasteiger partial charge in [0, 0.05) is 37.3 Å². The summed E-state index contributed by atoms with van der Waals surface area (Å²) >= 11 is 0. The normalized spacial score (nSPS) is 13.9. The SMILES string of the molecule is O=C(NCC(=O)N1CCN(c2cccc3ccccc23)CC1)OCc1ccccc1. The number of fused-ring (bicyclic) bond motifs is 1. The molecule has 1 saturated heterocycles. The van der Waals surface area contributed by atoms with Crippen LogP contribution in [0.15, 0.2) is 72.8 Å². The van der Waals surface area contributed by atoms with Crippen LogP contribution in [-0.2, 0) is 16.1 Å². The molecule has 0 atom stereocenters. The summed E-state index contributed by atoms with van der Waals surface area (Å²) in [4.78, 5) is 28.4. The molecule has 4 rings (SSSR count). The lowest BCUT2D eigenvalue weighted by Gasteiger charge is -2.36. The number of ether oxygens (including phenoxy) is 1. The summed E-state index contributed by atoms with van der Waals surface area (Å²) in [6, 6.07) is 24.1. The third kappa shape index (κ3) is 4.71. The van der Waals surface area contributed by atoms with Gasteiger partial charge in [-0.2, -0.15) is 0 Å². The van der Waals surface area contributed by atoms with Gasteiger partial charge in [0.05, 0.1) is 0 Å². The number of rotatable bonds is 5. The van der Waals surface area contributed by atoms with Crippen LogP contribution >= 0.6 is 0 Å². The molecule has 0 unspecified atom stereocenters. The number of benzene rings is 3. The van der Waals surface area contributed by atoms with Crippen molar-refractivity contribution in [1.82, 2.24) is 10.2 Å². The standard InChI is InChI=1S/C24H25N3O3/c28-23(17-25-24(29)30-18-19-7-2-1-3-8-19)27-15-13-26(14-16-27)22-12-6-10-20-9-4-5-11-21(20)22/h1-12H,13-18H2,(H,25,29). The molecule has 1 fully saturated rings. The Bertz CT molecular complexity index is 1010. The van der Waals surface area contributed by atoms with Crippen LogP contribution in [0.1, 0.15) is 5.56 Å². The van der Waals surface area contributed by atoms with Crippen LogP contribution < -0.4 is 10.2 Å². The average Bonchev–Trinajstić information content (AvgIpc) is 2.81. The third-order valence-electron chi connectivity index (χ3n) is 5.34. The smallest absolute Gasteiger partial charge is 0.407 e. The van der Waals surface area contributed by atoms with Gasteiger partial charge in [0.2, 0.25) is 5.91 Å². The van der Waals surface area contributed by atoms with E-state index in [4.69, 9.17) is 4.74 Å². The molecular formula is C24H25N3O3.